The van der Waals surface area contributed by atoms with Crippen molar-refractivity contribution in [2.45, 2.75) is 71.1 Å². The van der Waals surface area contributed by atoms with Crippen LogP contribution < -0.4 is 4.74 Å². The molecule has 1 aliphatic carbocycles. The van der Waals surface area contributed by atoms with Crippen LogP contribution in [-0.2, 0) is 12.8 Å². The molecule has 1 fully saturated rings. The monoisotopic (exact) mass is 488 g/mol. The fraction of sp³-hybridized carbons (Fsp3) is 0.394. The summed E-state index contributed by atoms with van der Waals surface area (Å²) in [6.45, 7) is 4.27. The lowest BCUT2D eigenvalue weighted by Crippen LogP contribution is -2.11. The number of benzene rings is 3. The van der Waals surface area contributed by atoms with Gasteiger partial charge in [-0.15, -0.1) is 0 Å². The summed E-state index contributed by atoms with van der Waals surface area (Å²) in [7, 11) is 0. The number of hydrogen-bond acceptors (Lipinski definition) is 1. The zero-order chi connectivity index (χ0) is 25.3. The van der Waals surface area contributed by atoms with Gasteiger partial charge in [0.25, 0.3) is 0 Å². The summed E-state index contributed by atoms with van der Waals surface area (Å²) in [5, 5.41) is 0. The average Bonchev–Trinajstić information content (AvgIpc) is 2.91. The van der Waals surface area contributed by atoms with Gasteiger partial charge >= 0.3 is 0 Å². The second-order valence-corrected chi connectivity index (χ2v) is 9.94. The summed E-state index contributed by atoms with van der Waals surface area (Å²) in [4.78, 5) is 0. The molecule has 36 heavy (non-hydrogen) atoms. The van der Waals surface area contributed by atoms with Gasteiger partial charge in [-0.05, 0) is 98.1 Å². The van der Waals surface area contributed by atoms with Crippen molar-refractivity contribution in [1.29, 1.82) is 0 Å². The van der Waals surface area contributed by atoms with E-state index in [1.807, 2.05) is 12.1 Å². The molecule has 0 saturated heterocycles. The lowest BCUT2D eigenvalue weighted by Gasteiger charge is -2.27. The molecule has 0 aliphatic heterocycles. The van der Waals surface area contributed by atoms with Crippen LogP contribution in [-0.4, -0.2) is 6.61 Å². The van der Waals surface area contributed by atoms with Gasteiger partial charge in [-0.2, -0.15) is 4.39 Å². The molecule has 3 heteroatoms. The zero-order valence-electron chi connectivity index (χ0n) is 21.6. The van der Waals surface area contributed by atoms with Crippen LogP contribution in [0.3, 0.4) is 0 Å². The summed E-state index contributed by atoms with van der Waals surface area (Å²) >= 11 is 0. The van der Waals surface area contributed by atoms with Gasteiger partial charge in [0, 0.05) is 5.56 Å². The minimum Gasteiger partial charge on any atom is -0.491 e. The molecule has 0 radical (unpaired) electrons. The first-order valence-electron chi connectivity index (χ1n) is 13.5. The zero-order valence-corrected chi connectivity index (χ0v) is 21.6. The van der Waals surface area contributed by atoms with E-state index < -0.39 is 11.6 Å². The van der Waals surface area contributed by atoms with E-state index in [1.54, 1.807) is 13.0 Å². The van der Waals surface area contributed by atoms with Crippen LogP contribution in [0.1, 0.15) is 75.0 Å². The molecule has 3 aromatic carbocycles. The maximum atomic E-state index is 14.6. The number of rotatable bonds is 10. The maximum absolute atomic E-state index is 14.6. The van der Waals surface area contributed by atoms with Crippen molar-refractivity contribution in [2.75, 3.05) is 6.61 Å². The number of aryl methyl sites for hydroxylation is 2. The Morgan fingerprint density at radius 2 is 1.44 bits per heavy atom. The fourth-order valence-electron chi connectivity index (χ4n) is 5.30. The molecule has 1 nitrogen and oxygen atoms in total. The highest BCUT2D eigenvalue weighted by atomic mass is 19.2. The van der Waals surface area contributed by atoms with Crippen molar-refractivity contribution in [2.24, 2.45) is 5.92 Å². The maximum Gasteiger partial charge on any atom is 0.201 e. The number of hydrogen-bond donors (Lipinski definition) is 0. The van der Waals surface area contributed by atoms with E-state index in [4.69, 9.17) is 4.74 Å². The summed E-state index contributed by atoms with van der Waals surface area (Å²) in [6.07, 6.45) is 14.1. The van der Waals surface area contributed by atoms with Crippen molar-refractivity contribution in [3.63, 3.8) is 0 Å². The van der Waals surface area contributed by atoms with Crippen LogP contribution in [0.25, 0.3) is 11.1 Å². The molecule has 3 aromatic rings. The van der Waals surface area contributed by atoms with Gasteiger partial charge in [-0.25, -0.2) is 4.39 Å². The second kappa shape index (κ2) is 12.9. The Bertz CT molecular complexity index is 1120. The van der Waals surface area contributed by atoms with Crippen molar-refractivity contribution >= 4 is 0 Å². The summed E-state index contributed by atoms with van der Waals surface area (Å²) in [6, 6.07) is 20.2. The highest BCUT2D eigenvalue weighted by Crippen LogP contribution is 2.37. The van der Waals surface area contributed by atoms with Gasteiger partial charge in [0.05, 0.1) is 6.61 Å². The highest BCUT2D eigenvalue weighted by molar-refractivity contribution is 5.65. The third-order valence-electron chi connectivity index (χ3n) is 7.38. The molecule has 1 aliphatic rings. The Labute approximate surface area is 215 Å². The minimum absolute atomic E-state index is 0.0396. The smallest absolute Gasteiger partial charge is 0.201 e. The fourth-order valence-corrected chi connectivity index (χ4v) is 5.30. The van der Waals surface area contributed by atoms with Crippen LogP contribution in [0.2, 0.25) is 0 Å². The Hall–Kier alpha value is -2.94. The van der Waals surface area contributed by atoms with Gasteiger partial charge in [0.15, 0.2) is 11.6 Å². The van der Waals surface area contributed by atoms with Crippen LogP contribution in [0.15, 0.2) is 72.8 Å². The molecular formula is C33H38F2O. The van der Waals surface area contributed by atoms with Gasteiger partial charge in [-0.1, -0.05) is 74.0 Å². The normalized spacial score (nSPS) is 18.0. The van der Waals surface area contributed by atoms with E-state index >= 15 is 0 Å². The van der Waals surface area contributed by atoms with Gasteiger partial charge in [-0.3, -0.25) is 0 Å². The molecule has 0 atom stereocenters. The van der Waals surface area contributed by atoms with Gasteiger partial charge in [0.2, 0.25) is 5.82 Å². The van der Waals surface area contributed by atoms with Crippen molar-refractivity contribution in [1.82, 2.24) is 0 Å². The third kappa shape index (κ3) is 6.63. The summed E-state index contributed by atoms with van der Waals surface area (Å²) < 4.78 is 34.0. The largest absolute Gasteiger partial charge is 0.491 e. The Balaban J connectivity index is 1.26. The van der Waals surface area contributed by atoms with Crippen LogP contribution in [0, 0.1) is 17.6 Å². The molecule has 0 bridgehead atoms. The first-order chi connectivity index (χ1) is 17.6. The quantitative estimate of drug-likeness (QED) is 0.258. The molecule has 0 aromatic heterocycles. The molecule has 0 unspecified atom stereocenters. The molecule has 0 heterocycles. The molecule has 4 rings (SSSR count). The standard InChI is InChI=1S/C33H38F2O/c1-3-7-24-10-12-25(13-11-24)8-5-6-9-26-14-16-27(17-15-26)28-18-20-29(21-19-28)30-22-23-31(36-4-2)33(35)32(30)34/h6,9-13,18-23,26-27H,3-5,7-8,14-17H2,1-2H3. The average molecular weight is 489 g/mol. The van der Waals surface area contributed by atoms with Crippen molar-refractivity contribution in [3.05, 3.63) is 101 Å². The van der Waals surface area contributed by atoms with Crippen molar-refractivity contribution in [3.8, 4) is 16.9 Å². The number of allylic oxidation sites excluding steroid dienone is 2. The summed E-state index contributed by atoms with van der Waals surface area (Å²) in [5.41, 5.74) is 5.10. The topological polar surface area (TPSA) is 9.23 Å². The van der Waals surface area contributed by atoms with Crippen LogP contribution in [0.5, 0.6) is 5.75 Å². The lowest BCUT2D eigenvalue weighted by molar-refractivity contribution is 0.314. The SMILES string of the molecule is CCCc1ccc(CCC=CC2CCC(c3ccc(-c4ccc(OCC)c(F)c4F)cc3)CC2)cc1. The predicted octanol–water partition coefficient (Wildman–Crippen LogP) is 9.45. The number of ether oxygens (including phenoxy) is 1. The van der Waals surface area contributed by atoms with E-state index in [0.717, 1.165) is 19.3 Å². The van der Waals surface area contributed by atoms with E-state index in [1.165, 1.54) is 54.9 Å². The number of halogens is 2. The Morgan fingerprint density at radius 3 is 2.08 bits per heavy atom. The molecule has 0 amide bonds. The first kappa shape index (κ1) is 26.1. The predicted molar refractivity (Wildman–Crippen MR) is 146 cm³/mol. The highest BCUT2D eigenvalue weighted by Gasteiger charge is 2.21. The first-order valence-corrected chi connectivity index (χ1v) is 13.5. The van der Waals surface area contributed by atoms with E-state index in [0.29, 0.717) is 24.0 Å². The van der Waals surface area contributed by atoms with E-state index in [-0.39, 0.29) is 11.3 Å². The molecule has 1 saturated carbocycles. The Kier molecular flexibility index (Phi) is 9.33. The molecule has 0 spiro atoms. The summed E-state index contributed by atoms with van der Waals surface area (Å²) in [5.74, 6) is -0.618. The van der Waals surface area contributed by atoms with Crippen LogP contribution >= 0.6 is 0 Å². The lowest BCUT2D eigenvalue weighted by atomic mass is 9.78. The van der Waals surface area contributed by atoms with Crippen molar-refractivity contribution < 1.29 is 13.5 Å². The molecular weight excluding hydrogens is 450 g/mol. The third-order valence-corrected chi connectivity index (χ3v) is 7.38. The van der Waals surface area contributed by atoms with Crippen LogP contribution in [0.4, 0.5) is 8.78 Å². The minimum atomic E-state index is -0.922. The van der Waals surface area contributed by atoms with Gasteiger partial charge < -0.3 is 4.74 Å². The Morgan fingerprint density at radius 1 is 0.778 bits per heavy atom. The molecule has 0 N–H and O–H groups in total. The second-order valence-electron chi connectivity index (χ2n) is 9.94. The van der Waals surface area contributed by atoms with E-state index in [2.05, 4.69) is 55.5 Å². The molecule has 190 valence electrons. The van der Waals surface area contributed by atoms with Gasteiger partial charge in [0.1, 0.15) is 0 Å². The van der Waals surface area contributed by atoms with E-state index in [9.17, 15) is 8.78 Å².